The number of benzene rings is 1. The minimum Gasteiger partial charge on any atom is -0.338 e. The van der Waals surface area contributed by atoms with Crippen molar-refractivity contribution in [1.29, 1.82) is 0 Å². The quantitative estimate of drug-likeness (QED) is 0.738. The number of rotatable bonds is 4. The molecule has 2 amide bonds. The van der Waals surface area contributed by atoms with Crippen molar-refractivity contribution in [3.05, 3.63) is 34.9 Å². The predicted octanol–water partition coefficient (Wildman–Crippen LogP) is 1.50. The zero-order valence-electron chi connectivity index (χ0n) is 10.2. The molecule has 0 unspecified atom stereocenters. The van der Waals surface area contributed by atoms with Gasteiger partial charge in [-0.1, -0.05) is 25.1 Å². The zero-order valence-corrected chi connectivity index (χ0v) is 10.2. The molecule has 0 saturated heterocycles. The molecule has 1 aromatic carbocycles. The van der Waals surface area contributed by atoms with Gasteiger partial charge in [0.2, 0.25) is 0 Å². The summed E-state index contributed by atoms with van der Waals surface area (Å²) in [5.41, 5.74) is 3.86. The van der Waals surface area contributed by atoms with Crippen LogP contribution in [0.4, 0.5) is 4.79 Å². The summed E-state index contributed by atoms with van der Waals surface area (Å²) in [7, 11) is 0. The van der Waals surface area contributed by atoms with Crippen molar-refractivity contribution in [2.24, 2.45) is 0 Å². The van der Waals surface area contributed by atoms with E-state index in [-0.39, 0.29) is 6.03 Å². The number of carbonyl (C=O) groups is 1. The Morgan fingerprint density at radius 3 is 2.94 bits per heavy atom. The van der Waals surface area contributed by atoms with Crippen LogP contribution < -0.4 is 16.0 Å². The molecule has 0 spiro atoms. The number of urea groups is 1. The zero-order chi connectivity index (χ0) is 12.1. The molecule has 0 aliphatic carbocycles. The van der Waals surface area contributed by atoms with Gasteiger partial charge in [0, 0.05) is 26.2 Å². The smallest absolute Gasteiger partial charge is 0.315 e. The van der Waals surface area contributed by atoms with Crippen molar-refractivity contribution in [3.63, 3.8) is 0 Å². The number of amides is 2. The lowest BCUT2D eigenvalue weighted by Gasteiger charge is -2.08. The number of hydrogen-bond acceptors (Lipinski definition) is 2. The maximum absolute atomic E-state index is 11.4. The van der Waals surface area contributed by atoms with E-state index in [2.05, 4.69) is 34.1 Å². The van der Waals surface area contributed by atoms with E-state index < -0.39 is 0 Å². The average molecular weight is 233 g/mol. The van der Waals surface area contributed by atoms with Crippen LogP contribution in [0.15, 0.2) is 18.2 Å². The number of hydrogen-bond donors (Lipinski definition) is 3. The van der Waals surface area contributed by atoms with Crippen LogP contribution in [0.1, 0.15) is 30.0 Å². The molecule has 4 heteroatoms. The molecule has 0 fully saturated rings. The second kappa shape index (κ2) is 5.68. The topological polar surface area (TPSA) is 53.2 Å². The maximum Gasteiger partial charge on any atom is 0.315 e. The average Bonchev–Trinajstić information content (AvgIpc) is 2.81. The van der Waals surface area contributed by atoms with Gasteiger partial charge in [-0.3, -0.25) is 0 Å². The summed E-state index contributed by atoms with van der Waals surface area (Å²) in [4.78, 5) is 11.4. The van der Waals surface area contributed by atoms with Crippen LogP contribution in [0.3, 0.4) is 0 Å². The lowest BCUT2D eigenvalue weighted by atomic mass is 10.1. The molecule has 3 N–H and O–H groups in total. The molecule has 92 valence electrons. The molecule has 1 heterocycles. The molecule has 0 bridgehead atoms. The van der Waals surface area contributed by atoms with Crippen LogP contribution in [-0.4, -0.2) is 12.6 Å². The van der Waals surface area contributed by atoms with E-state index in [1.165, 1.54) is 11.1 Å². The third-order valence-electron chi connectivity index (χ3n) is 2.89. The first-order valence-electron chi connectivity index (χ1n) is 6.12. The predicted molar refractivity (Wildman–Crippen MR) is 67.5 cm³/mol. The van der Waals surface area contributed by atoms with Gasteiger partial charge < -0.3 is 16.0 Å². The highest BCUT2D eigenvalue weighted by atomic mass is 16.2. The highest BCUT2D eigenvalue weighted by Crippen LogP contribution is 2.16. The van der Waals surface area contributed by atoms with E-state index in [0.717, 1.165) is 31.6 Å². The van der Waals surface area contributed by atoms with E-state index in [1.807, 2.05) is 6.92 Å². The molecule has 4 nitrogen and oxygen atoms in total. The fraction of sp³-hybridized carbons (Fsp3) is 0.462. The Bertz CT molecular complexity index is 404. The van der Waals surface area contributed by atoms with Gasteiger partial charge >= 0.3 is 6.03 Å². The lowest BCUT2D eigenvalue weighted by Crippen LogP contribution is -2.35. The van der Waals surface area contributed by atoms with Crippen molar-refractivity contribution in [2.75, 3.05) is 6.54 Å². The van der Waals surface area contributed by atoms with Gasteiger partial charge in [-0.25, -0.2) is 4.79 Å². The number of carbonyl (C=O) groups excluding carboxylic acids is 1. The molecule has 2 rings (SSSR count). The van der Waals surface area contributed by atoms with Gasteiger partial charge in [0.25, 0.3) is 0 Å². The van der Waals surface area contributed by atoms with Gasteiger partial charge in [-0.05, 0) is 23.1 Å². The first-order valence-corrected chi connectivity index (χ1v) is 6.12. The second-order valence-corrected chi connectivity index (χ2v) is 4.32. The fourth-order valence-corrected chi connectivity index (χ4v) is 1.94. The fourth-order valence-electron chi connectivity index (χ4n) is 1.94. The largest absolute Gasteiger partial charge is 0.338 e. The summed E-state index contributed by atoms with van der Waals surface area (Å²) in [6.45, 7) is 5.24. The Morgan fingerprint density at radius 2 is 2.12 bits per heavy atom. The minimum atomic E-state index is -0.0922. The van der Waals surface area contributed by atoms with Crippen molar-refractivity contribution in [1.82, 2.24) is 16.0 Å². The van der Waals surface area contributed by atoms with E-state index in [9.17, 15) is 4.79 Å². The monoisotopic (exact) mass is 233 g/mol. The minimum absolute atomic E-state index is 0.0922. The molecular formula is C13H19N3O. The van der Waals surface area contributed by atoms with Crippen molar-refractivity contribution in [2.45, 2.75) is 33.0 Å². The number of fused-ring (bicyclic) bond motifs is 1. The highest BCUT2D eigenvalue weighted by molar-refractivity contribution is 5.73. The first kappa shape index (κ1) is 11.9. The summed E-state index contributed by atoms with van der Waals surface area (Å²) >= 11 is 0. The maximum atomic E-state index is 11.4. The van der Waals surface area contributed by atoms with Crippen LogP contribution in [0.2, 0.25) is 0 Å². The van der Waals surface area contributed by atoms with Crippen LogP contribution in [0.5, 0.6) is 0 Å². The third kappa shape index (κ3) is 3.20. The third-order valence-corrected chi connectivity index (χ3v) is 2.89. The van der Waals surface area contributed by atoms with Gasteiger partial charge in [-0.15, -0.1) is 0 Å². The van der Waals surface area contributed by atoms with Crippen LogP contribution in [0, 0.1) is 0 Å². The molecule has 0 aromatic heterocycles. The standard InChI is InChI=1S/C13H19N3O/c1-2-5-15-13(17)16-7-10-3-4-11-8-14-9-12(11)6-10/h3-4,6,14H,2,5,7-9H2,1H3,(H2,15,16,17). The molecule has 0 radical (unpaired) electrons. The van der Waals surface area contributed by atoms with Gasteiger partial charge in [0.15, 0.2) is 0 Å². The Labute approximate surface area is 102 Å². The Hall–Kier alpha value is -1.55. The van der Waals surface area contributed by atoms with E-state index in [4.69, 9.17) is 0 Å². The molecule has 1 aromatic rings. The van der Waals surface area contributed by atoms with E-state index in [1.54, 1.807) is 0 Å². The van der Waals surface area contributed by atoms with Gasteiger partial charge in [-0.2, -0.15) is 0 Å². The lowest BCUT2D eigenvalue weighted by molar-refractivity contribution is 0.240. The normalized spacial score (nSPS) is 13.2. The van der Waals surface area contributed by atoms with Crippen LogP contribution >= 0.6 is 0 Å². The Balaban J connectivity index is 1.85. The van der Waals surface area contributed by atoms with E-state index >= 15 is 0 Å². The van der Waals surface area contributed by atoms with Crippen molar-refractivity contribution in [3.8, 4) is 0 Å². The molecule has 1 aliphatic heterocycles. The van der Waals surface area contributed by atoms with Crippen molar-refractivity contribution < 1.29 is 4.79 Å². The Kier molecular flexibility index (Phi) is 3.98. The summed E-state index contributed by atoms with van der Waals surface area (Å²) in [5.74, 6) is 0. The summed E-state index contributed by atoms with van der Waals surface area (Å²) in [6, 6.07) is 6.28. The molecule has 0 saturated carbocycles. The summed E-state index contributed by atoms with van der Waals surface area (Å²) in [5, 5.41) is 8.95. The van der Waals surface area contributed by atoms with Crippen LogP contribution in [0.25, 0.3) is 0 Å². The summed E-state index contributed by atoms with van der Waals surface area (Å²) in [6.07, 6.45) is 0.956. The second-order valence-electron chi connectivity index (χ2n) is 4.32. The number of nitrogens with one attached hydrogen (secondary N) is 3. The Morgan fingerprint density at radius 1 is 1.29 bits per heavy atom. The van der Waals surface area contributed by atoms with Crippen LogP contribution in [-0.2, 0) is 19.6 Å². The molecule has 0 atom stereocenters. The molecule has 1 aliphatic rings. The van der Waals surface area contributed by atoms with Gasteiger partial charge in [0.1, 0.15) is 0 Å². The molecule has 17 heavy (non-hydrogen) atoms. The summed E-state index contributed by atoms with van der Waals surface area (Å²) < 4.78 is 0. The highest BCUT2D eigenvalue weighted by Gasteiger charge is 2.10. The SMILES string of the molecule is CCCNC(=O)NCc1ccc2c(c1)CNC2. The van der Waals surface area contributed by atoms with Gasteiger partial charge in [0.05, 0.1) is 0 Å². The van der Waals surface area contributed by atoms with E-state index in [0.29, 0.717) is 6.54 Å². The molecular weight excluding hydrogens is 214 g/mol. The first-order chi connectivity index (χ1) is 8.29. The van der Waals surface area contributed by atoms with Crippen molar-refractivity contribution >= 4 is 6.03 Å².